The Kier molecular flexibility index (Phi) is 3.09. The minimum Gasteiger partial charge on any atom is -0.508 e. The first-order valence-electron chi connectivity index (χ1n) is 5.16. The summed E-state index contributed by atoms with van der Waals surface area (Å²) in [6.45, 7) is 0. The first-order chi connectivity index (χ1) is 8.36. The van der Waals surface area contributed by atoms with Crippen molar-refractivity contribution in [2.45, 2.75) is 4.90 Å². The Balaban J connectivity index is 2.63. The third-order valence-electron chi connectivity index (χ3n) is 2.48. The molecule has 0 amide bonds. The van der Waals surface area contributed by atoms with E-state index < -0.39 is 15.7 Å². The van der Waals surface area contributed by atoms with Gasteiger partial charge in [0.25, 0.3) is 0 Å². The van der Waals surface area contributed by atoms with Gasteiger partial charge in [0.1, 0.15) is 11.6 Å². The molecule has 2 aromatic rings. The number of rotatable bonds is 2. The van der Waals surface area contributed by atoms with Gasteiger partial charge in [0.15, 0.2) is 9.84 Å². The molecule has 2 rings (SSSR count). The number of aromatic hydroxyl groups is 1. The Morgan fingerprint density at radius 3 is 2.39 bits per heavy atom. The second-order valence-corrected chi connectivity index (χ2v) is 6.01. The molecule has 0 saturated carbocycles. The Morgan fingerprint density at radius 1 is 1.06 bits per heavy atom. The lowest BCUT2D eigenvalue weighted by Gasteiger charge is -2.06. The van der Waals surface area contributed by atoms with Crippen LogP contribution in [0.25, 0.3) is 11.1 Å². The van der Waals surface area contributed by atoms with Gasteiger partial charge in [0.05, 0.1) is 4.90 Å². The SMILES string of the molecule is CS(=O)(=O)c1cc(O)cc(-c2cccc(F)c2)c1. The summed E-state index contributed by atoms with van der Waals surface area (Å²) in [5.74, 6) is -0.589. The predicted octanol–water partition coefficient (Wildman–Crippen LogP) is 2.60. The van der Waals surface area contributed by atoms with Crippen molar-refractivity contribution in [3.63, 3.8) is 0 Å². The smallest absolute Gasteiger partial charge is 0.175 e. The summed E-state index contributed by atoms with van der Waals surface area (Å²) in [4.78, 5) is 0.00163. The van der Waals surface area contributed by atoms with E-state index in [1.54, 1.807) is 6.07 Å². The van der Waals surface area contributed by atoms with E-state index >= 15 is 0 Å². The Labute approximate surface area is 104 Å². The van der Waals surface area contributed by atoms with E-state index in [0.717, 1.165) is 12.3 Å². The van der Waals surface area contributed by atoms with Crippen molar-refractivity contribution < 1.29 is 17.9 Å². The maximum atomic E-state index is 13.1. The predicted molar refractivity (Wildman–Crippen MR) is 66.6 cm³/mol. The highest BCUT2D eigenvalue weighted by atomic mass is 32.2. The molecule has 0 bridgehead atoms. The summed E-state index contributed by atoms with van der Waals surface area (Å²) < 4.78 is 36.0. The highest BCUT2D eigenvalue weighted by Crippen LogP contribution is 2.27. The molecule has 0 aliphatic rings. The van der Waals surface area contributed by atoms with Crippen LogP contribution in [0, 0.1) is 5.82 Å². The van der Waals surface area contributed by atoms with Crippen LogP contribution >= 0.6 is 0 Å². The molecule has 0 fully saturated rings. The van der Waals surface area contributed by atoms with Crippen molar-refractivity contribution in [3.05, 3.63) is 48.3 Å². The number of benzene rings is 2. The van der Waals surface area contributed by atoms with Crippen molar-refractivity contribution in [3.8, 4) is 16.9 Å². The number of hydrogen-bond donors (Lipinski definition) is 1. The highest BCUT2D eigenvalue weighted by molar-refractivity contribution is 7.90. The van der Waals surface area contributed by atoms with Crippen molar-refractivity contribution >= 4 is 9.84 Å². The van der Waals surface area contributed by atoms with Gasteiger partial charge in [-0.05, 0) is 41.5 Å². The van der Waals surface area contributed by atoms with Crippen LogP contribution in [0.1, 0.15) is 0 Å². The molecule has 0 spiro atoms. The molecule has 3 nitrogen and oxygen atoms in total. The second kappa shape index (κ2) is 4.42. The molecule has 5 heteroatoms. The van der Waals surface area contributed by atoms with Gasteiger partial charge in [-0.1, -0.05) is 12.1 Å². The molecule has 0 aliphatic heterocycles. The minimum absolute atomic E-state index is 0.00163. The van der Waals surface area contributed by atoms with Crippen molar-refractivity contribution in [1.82, 2.24) is 0 Å². The van der Waals surface area contributed by atoms with Gasteiger partial charge < -0.3 is 5.11 Å². The zero-order chi connectivity index (χ0) is 13.3. The zero-order valence-electron chi connectivity index (χ0n) is 9.59. The van der Waals surface area contributed by atoms with E-state index in [0.29, 0.717) is 11.1 Å². The lowest BCUT2D eigenvalue weighted by atomic mass is 10.1. The normalized spacial score (nSPS) is 11.4. The Bertz CT molecular complexity index is 693. The lowest BCUT2D eigenvalue weighted by molar-refractivity contribution is 0.473. The summed E-state index contributed by atoms with van der Waals surface area (Å²) >= 11 is 0. The molecular weight excluding hydrogens is 255 g/mol. The van der Waals surface area contributed by atoms with Crippen molar-refractivity contribution in [2.75, 3.05) is 6.26 Å². The molecule has 18 heavy (non-hydrogen) atoms. The van der Waals surface area contributed by atoms with Crippen LogP contribution in [0.5, 0.6) is 5.75 Å². The number of halogens is 1. The van der Waals surface area contributed by atoms with Crippen LogP contribution in [-0.4, -0.2) is 19.8 Å². The first kappa shape index (κ1) is 12.6. The number of hydrogen-bond acceptors (Lipinski definition) is 3. The van der Waals surface area contributed by atoms with Crippen LogP contribution in [0.3, 0.4) is 0 Å². The topological polar surface area (TPSA) is 54.4 Å². The molecule has 0 unspecified atom stereocenters. The third kappa shape index (κ3) is 2.68. The van der Waals surface area contributed by atoms with E-state index in [-0.39, 0.29) is 10.6 Å². The summed E-state index contributed by atoms with van der Waals surface area (Å²) in [5, 5.41) is 9.53. The fourth-order valence-electron chi connectivity index (χ4n) is 1.63. The van der Waals surface area contributed by atoms with Crippen molar-refractivity contribution in [2.24, 2.45) is 0 Å². The lowest BCUT2D eigenvalue weighted by Crippen LogP contribution is -1.97. The number of phenols is 1. The summed E-state index contributed by atoms with van der Waals surface area (Å²) in [7, 11) is -3.42. The molecule has 0 aromatic heterocycles. The van der Waals surface area contributed by atoms with E-state index in [9.17, 15) is 17.9 Å². The van der Waals surface area contributed by atoms with Gasteiger partial charge in [-0.2, -0.15) is 0 Å². The van der Waals surface area contributed by atoms with Gasteiger partial charge in [-0.25, -0.2) is 12.8 Å². The van der Waals surface area contributed by atoms with Crippen LogP contribution in [0.15, 0.2) is 47.4 Å². The maximum absolute atomic E-state index is 13.1. The van der Waals surface area contributed by atoms with E-state index in [1.165, 1.54) is 30.3 Å². The van der Waals surface area contributed by atoms with Crippen molar-refractivity contribution in [1.29, 1.82) is 0 Å². The Morgan fingerprint density at radius 2 is 1.78 bits per heavy atom. The summed E-state index contributed by atoms with van der Waals surface area (Å²) in [6.07, 6.45) is 1.05. The first-order valence-corrected chi connectivity index (χ1v) is 7.05. The molecule has 0 atom stereocenters. The average Bonchev–Trinajstić information content (AvgIpc) is 2.27. The summed E-state index contributed by atoms with van der Waals surface area (Å²) in [6, 6.07) is 9.70. The Hall–Kier alpha value is -1.88. The average molecular weight is 266 g/mol. The van der Waals surface area contributed by atoms with Crippen LogP contribution in [-0.2, 0) is 9.84 Å². The van der Waals surface area contributed by atoms with Gasteiger partial charge in [-0.15, -0.1) is 0 Å². The monoisotopic (exact) mass is 266 g/mol. The van der Waals surface area contributed by atoms with E-state index in [4.69, 9.17) is 0 Å². The van der Waals surface area contributed by atoms with Gasteiger partial charge >= 0.3 is 0 Å². The standard InChI is InChI=1S/C13H11FO3S/c1-18(16,17)13-7-10(6-12(15)8-13)9-3-2-4-11(14)5-9/h2-8,15H,1H3. The van der Waals surface area contributed by atoms with Crippen LogP contribution < -0.4 is 0 Å². The molecule has 2 aromatic carbocycles. The fourth-order valence-corrected chi connectivity index (χ4v) is 2.31. The summed E-state index contributed by atoms with van der Waals surface area (Å²) in [5.41, 5.74) is 0.964. The zero-order valence-corrected chi connectivity index (χ0v) is 10.4. The van der Waals surface area contributed by atoms with Crippen LogP contribution in [0.2, 0.25) is 0 Å². The molecule has 1 N–H and O–H groups in total. The minimum atomic E-state index is -3.42. The van der Waals surface area contributed by atoms with Gasteiger partial charge in [0.2, 0.25) is 0 Å². The molecule has 0 saturated heterocycles. The van der Waals surface area contributed by atoms with Gasteiger partial charge in [0, 0.05) is 6.26 Å². The maximum Gasteiger partial charge on any atom is 0.175 e. The second-order valence-electron chi connectivity index (χ2n) is 4.00. The number of phenolic OH excluding ortho intramolecular Hbond substituents is 1. The quantitative estimate of drug-likeness (QED) is 0.909. The van der Waals surface area contributed by atoms with E-state index in [1.807, 2.05) is 0 Å². The number of sulfone groups is 1. The highest BCUT2D eigenvalue weighted by Gasteiger charge is 2.11. The van der Waals surface area contributed by atoms with E-state index in [2.05, 4.69) is 0 Å². The fraction of sp³-hybridized carbons (Fsp3) is 0.0769. The largest absolute Gasteiger partial charge is 0.508 e. The molecule has 0 heterocycles. The molecule has 94 valence electrons. The molecule has 0 aliphatic carbocycles. The molecule has 0 radical (unpaired) electrons. The molecular formula is C13H11FO3S. The third-order valence-corrected chi connectivity index (χ3v) is 3.57. The van der Waals surface area contributed by atoms with Gasteiger partial charge in [-0.3, -0.25) is 0 Å². The van der Waals surface area contributed by atoms with Crippen LogP contribution in [0.4, 0.5) is 4.39 Å².